The zero-order chi connectivity index (χ0) is 47.8. The second-order valence-electron chi connectivity index (χ2n) is 18.4. The van der Waals surface area contributed by atoms with Crippen LogP contribution in [0.1, 0.15) is 232 Å². The van der Waals surface area contributed by atoms with E-state index in [1.54, 1.807) is 0 Å². The van der Waals surface area contributed by atoms with E-state index < -0.39 is 75.7 Å². The Hall–Kier alpha value is -1.67. The number of carbonyl (C=O) groups is 2. The molecule has 1 aliphatic carbocycles. The van der Waals surface area contributed by atoms with E-state index in [2.05, 4.69) is 38.2 Å². The number of esters is 2. The van der Waals surface area contributed by atoms with Gasteiger partial charge in [0.1, 0.15) is 43.2 Å². The van der Waals surface area contributed by atoms with Crippen LogP contribution < -0.4 is 0 Å². The second kappa shape index (κ2) is 41.3. The number of phosphoric ester groups is 1. The standard InChI is InChI=1S/C51H95O13P/c1-3-5-7-9-11-13-15-17-19-20-21-22-23-24-26-27-29-31-33-35-37-39-44(52)61-41-43(42-62-65(59,60)64-51-49(57)47(55)46(54)48(56)50(51)58)63-45(53)40-38-36-34-32-30-28-25-18-16-14-12-10-8-6-4-2/h17,19,28,30,43,46-51,54-58H,3-16,18,20-27,29,31-42H2,1-2H3,(H,59,60)/b19-17+,30-28+/t43-,46?,47-,48?,49?,50?,51?/m0/s1. The van der Waals surface area contributed by atoms with Gasteiger partial charge in [0.2, 0.25) is 0 Å². The molecular weight excluding hydrogens is 852 g/mol. The number of aliphatic hydroxyl groups excluding tert-OH is 5. The minimum Gasteiger partial charge on any atom is -0.462 e. The fourth-order valence-corrected chi connectivity index (χ4v) is 9.02. The molecule has 0 amide bonds. The van der Waals surface area contributed by atoms with Gasteiger partial charge < -0.3 is 39.9 Å². The van der Waals surface area contributed by atoms with Gasteiger partial charge in [-0.15, -0.1) is 0 Å². The van der Waals surface area contributed by atoms with Gasteiger partial charge in [-0.3, -0.25) is 18.6 Å². The summed E-state index contributed by atoms with van der Waals surface area (Å²) in [6.07, 6.45) is 33.7. The first-order valence-corrected chi connectivity index (χ1v) is 27.6. The molecule has 0 aromatic rings. The van der Waals surface area contributed by atoms with E-state index in [9.17, 15) is 44.6 Å². The maximum atomic E-state index is 12.8. The molecule has 65 heavy (non-hydrogen) atoms. The van der Waals surface area contributed by atoms with Crippen LogP contribution in [-0.4, -0.2) is 98.3 Å². The highest BCUT2D eigenvalue weighted by atomic mass is 31.2. The molecule has 1 fully saturated rings. The zero-order valence-electron chi connectivity index (χ0n) is 40.8. The van der Waals surface area contributed by atoms with Crippen LogP contribution in [-0.2, 0) is 32.7 Å². The molecule has 0 aliphatic heterocycles. The van der Waals surface area contributed by atoms with Crippen LogP contribution in [0.5, 0.6) is 0 Å². The molecule has 13 nitrogen and oxygen atoms in total. The molecule has 0 radical (unpaired) electrons. The third-order valence-corrected chi connectivity index (χ3v) is 13.3. The number of hydrogen-bond donors (Lipinski definition) is 6. The number of carbonyl (C=O) groups excluding carboxylic acids is 2. The Morgan fingerprint density at radius 1 is 0.462 bits per heavy atom. The van der Waals surface area contributed by atoms with Crippen LogP contribution in [0.25, 0.3) is 0 Å². The van der Waals surface area contributed by atoms with Gasteiger partial charge in [-0.05, 0) is 64.2 Å². The predicted octanol–water partition coefficient (Wildman–Crippen LogP) is 11.2. The van der Waals surface area contributed by atoms with Crippen LogP contribution in [0.4, 0.5) is 0 Å². The molecule has 0 aromatic heterocycles. The van der Waals surface area contributed by atoms with Gasteiger partial charge in [0.25, 0.3) is 0 Å². The molecule has 1 rings (SSSR count). The maximum Gasteiger partial charge on any atom is 0.472 e. The summed E-state index contributed by atoms with van der Waals surface area (Å²) in [5.74, 6) is -1.11. The number of ether oxygens (including phenoxy) is 2. The second-order valence-corrected chi connectivity index (χ2v) is 19.8. The number of unbranched alkanes of at least 4 members (excludes halogenated alkanes) is 28. The summed E-state index contributed by atoms with van der Waals surface area (Å²) in [7, 11) is -5.12. The Kier molecular flexibility index (Phi) is 39.0. The Labute approximate surface area is 394 Å². The molecule has 14 heteroatoms. The lowest BCUT2D eigenvalue weighted by atomic mass is 9.85. The molecular formula is C51H95O13P. The summed E-state index contributed by atoms with van der Waals surface area (Å²) >= 11 is 0. The first-order chi connectivity index (χ1) is 31.4. The van der Waals surface area contributed by atoms with Crippen molar-refractivity contribution < 1.29 is 63.1 Å². The first kappa shape index (κ1) is 61.3. The summed E-state index contributed by atoms with van der Waals surface area (Å²) in [5, 5.41) is 50.2. The summed E-state index contributed by atoms with van der Waals surface area (Å²) in [4.78, 5) is 35.8. The van der Waals surface area contributed by atoms with Crippen molar-refractivity contribution in [3.63, 3.8) is 0 Å². The van der Waals surface area contributed by atoms with Crippen LogP contribution >= 0.6 is 7.82 Å². The van der Waals surface area contributed by atoms with Crippen LogP contribution in [0, 0.1) is 0 Å². The molecule has 382 valence electrons. The van der Waals surface area contributed by atoms with Crippen molar-refractivity contribution in [3.8, 4) is 0 Å². The summed E-state index contributed by atoms with van der Waals surface area (Å²) in [6.45, 7) is 3.31. The van der Waals surface area contributed by atoms with E-state index >= 15 is 0 Å². The number of allylic oxidation sites excluding steroid dienone is 4. The molecule has 6 N–H and O–H groups in total. The quantitative estimate of drug-likeness (QED) is 0.0146. The van der Waals surface area contributed by atoms with E-state index in [1.807, 2.05) is 0 Å². The minimum atomic E-state index is -5.12. The van der Waals surface area contributed by atoms with E-state index in [1.165, 1.54) is 148 Å². The topological polar surface area (TPSA) is 210 Å². The minimum absolute atomic E-state index is 0.0789. The molecule has 0 spiro atoms. The largest absolute Gasteiger partial charge is 0.472 e. The number of hydrogen-bond acceptors (Lipinski definition) is 12. The van der Waals surface area contributed by atoms with Gasteiger partial charge in [0, 0.05) is 12.8 Å². The van der Waals surface area contributed by atoms with Crippen molar-refractivity contribution in [2.75, 3.05) is 13.2 Å². The predicted molar refractivity (Wildman–Crippen MR) is 258 cm³/mol. The highest BCUT2D eigenvalue weighted by molar-refractivity contribution is 7.47. The van der Waals surface area contributed by atoms with E-state index in [0.717, 1.165) is 44.9 Å². The van der Waals surface area contributed by atoms with E-state index in [-0.39, 0.29) is 12.8 Å². The smallest absolute Gasteiger partial charge is 0.462 e. The van der Waals surface area contributed by atoms with Crippen molar-refractivity contribution in [1.29, 1.82) is 0 Å². The molecule has 0 saturated heterocycles. The lowest BCUT2D eigenvalue weighted by molar-refractivity contribution is -0.220. The molecule has 1 aliphatic rings. The van der Waals surface area contributed by atoms with E-state index in [0.29, 0.717) is 12.8 Å². The summed E-state index contributed by atoms with van der Waals surface area (Å²) in [6, 6.07) is 0. The van der Waals surface area contributed by atoms with Crippen LogP contribution in [0.3, 0.4) is 0 Å². The van der Waals surface area contributed by atoms with E-state index in [4.69, 9.17) is 18.5 Å². The maximum absolute atomic E-state index is 12.8. The molecule has 0 heterocycles. The fourth-order valence-electron chi connectivity index (χ4n) is 8.04. The first-order valence-electron chi connectivity index (χ1n) is 26.1. The Morgan fingerprint density at radius 2 is 0.785 bits per heavy atom. The normalized spacial score (nSPS) is 21.5. The summed E-state index contributed by atoms with van der Waals surface area (Å²) in [5.41, 5.74) is 0. The summed E-state index contributed by atoms with van der Waals surface area (Å²) < 4.78 is 33.6. The van der Waals surface area contributed by atoms with Crippen molar-refractivity contribution in [2.45, 2.75) is 275 Å². The number of rotatable bonds is 44. The SMILES string of the molecule is CCCCCCCC/C=C/CCCCCCCCCCCCCC(=O)OC[C@@H](COP(=O)(O)OC1C(O)C(O)C(O)[C@H](O)C1O)OC(=O)CCCCC/C=C/CCCCCCCCCC. The number of aliphatic hydroxyl groups is 5. The third-order valence-electron chi connectivity index (χ3n) is 12.3. The van der Waals surface area contributed by atoms with Gasteiger partial charge in [-0.2, -0.15) is 0 Å². The number of phosphoric acid groups is 1. The Balaban J connectivity index is 2.38. The van der Waals surface area contributed by atoms with Crippen molar-refractivity contribution in [3.05, 3.63) is 24.3 Å². The van der Waals surface area contributed by atoms with Gasteiger partial charge in [0.15, 0.2) is 6.10 Å². The molecule has 6 unspecified atom stereocenters. The van der Waals surface area contributed by atoms with Crippen molar-refractivity contribution in [2.24, 2.45) is 0 Å². The van der Waals surface area contributed by atoms with Crippen LogP contribution in [0.15, 0.2) is 24.3 Å². The highest BCUT2D eigenvalue weighted by Gasteiger charge is 2.51. The van der Waals surface area contributed by atoms with Gasteiger partial charge in [-0.25, -0.2) is 4.57 Å². The van der Waals surface area contributed by atoms with Crippen LogP contribution in [0.2, 0.25) is 0 Å². The molecule has 0 aromatic carbocycles. The molecule has 0 bridgehead atoms. The molecule has 1 saturated carbocycles. The third kappa shape index (κ3) is 33.5. The zero-order valence-corrected chi connectivity index (χ0v) is 41.7. The van der Waals surface area contributed by atoms with Crippen molar-refractivity contribution >= 4 is 19.8 Å². The molecule has 8 atom stereocenters. The fraction of sp³-hybridized carbons (Fsp3) is 0.882. The van der Waals surface area contributed by atoms with Crippen molar-refractivity contribution in [1.82, 2.24) is 0 Å². The Morgan fingerprint density at radius 3 is 1.18 bits per heavy atom. The average Bonchev–Trinajstić information content (AvgIpc) is 3.29. The van der Waals surface area contributed by atoms with Gasteiger partial charge >= 0.3 is 19.8 Å². The average molecular weight is 947 g/mol. The lowest BCUT2D eigenvalue weighted by Crippen LogP contribution is -2.64. The monoisotopic (exact) mass is 947 g/mol. The van der Waals surface area contributed by atoms with Gasteiger partial charge in [0.05, 0.1) is 6.61 Å². The highest BCUT2D eigenvalue weighted by Crippen LogP contribution is 2.47. The Bertz CT molecular complexity index is 1230. The van der Waals surface area contributed by atoms with Gasteiger partial charge in [-0.1, -0.05) is 179 Å². The lowest BCUT2D eigenvalue weighted by Gasteiger charge is -2.41.